The number of benzene rings is 2. The molecule has 0 aliphatic heterocycles. The zero-order chi connectivity index (χ0) is 21.8. The van der Waals surface area contributed by atoms with Gasteiger partial charge >= 0.3 is 0 Å². The topological polar surface area (TPSA) is 96.7 Å². The monoisotopic (exact) mass is 443 g/mol. The molecule has 0 saturated carbocycles. The number of nitrogens with one attached hydrogen (secondary N) is 2. The quantitative estimate of drug-likeness (QED) is 0.362. The highest BCUT2D eigenvalue weighted by Gasteiger charge is 2.20. The highest BCUT2D eigenvalue weighted by Crippen LogP contribution is 2.22. The smallest absolute Gasteiger partial charge is 0.227 e. The summed E-state index contributed by atoms with van der Waals surface area (Å²) in [6.07, 6.45) is 1.26. The molecule has 160 valence electrons. The molecule has 0 fully saturated rings. The van der Waals surface area contributed by atoms with E-state index in [0.717, 1.165) is 27.3 Å². The fourth-order valence-electron chi connectivity index (χ4n) is 3.55. The first-order valence-corrected chi connectivity index (χ1v) is 11.3. The molecule has 1 atom stereocenters. The Labute approximate surface area is 188 Å². The van der Waals surface area contributed by atoms with Crippen molar-refractivity contribution in [2.24, 2.45) is 0 Å². The Balaban J connectivity index is 1.29. The Morgan fingerprint density at radius 2 is 1.88 bits per heavy atom. The number of aromatic nitrogens is 4. The molecule has 0 saturated heterocycles. The molecule has 0 radical (unpaired) electrons. The fraction of sp³-hybridized carbons (Fsp3) is 0.167. The number of aryl methyl sites for hydroxylation is 1. The van der Waals surface area contributed by atoms with Crippen LogP contribution in [0.1, 0.15) is 29.7 Å². The molecule has 0 aliphatic carbocycles. The number of thiophene rings is 1. The standard InChI is InChI=1S/C24H21N5O2S/c30-21(12-13-22-28-24(29-31-22)20-11-6-14-32-20)25-19(15-16-7-2-1-3-8-16)23-26-17-9-4-5-10-18(17)27-23/h1-11,14,19H,12-13,15H2,(H,25,30)(H,26,27)/t19-/m0/s1. The van der Waals surface area contributed by atoms with E-state index >= 15 is 0 Å². The van der Waals surface area contributed by atoms with E-state index in [9.17, 15) is 4.79 Å². The maximum atomic E-state index is 12.8. The first kappa shape index (κ1) is 20.1. The van der Waals surface area contributed by atoms with Crippen molar-refractivity contribution in [3.8, 4) is 10.7 Å². The van der Waals surface area contributed by atoms with Crippen molar-refractivity contribution < 1.29 is 9.32 Å². The molecule has 3 heterocycles. The minimum atomic E-state index is -0.276. The van der Waals surface area contributed by atoms with Crippen molar-refractivity contribution in [3.05, 3.63) is 89.4 Å². The third-order valence-electron chi connectivity index (χ3n) is 5.13. The zero-order valence-electron chi connectivity index (χ0n) is 17.2. The Morgan fingerprint density at radius 1 is 1.03 bits per heavy atom. The van der Waals surface area contributed by atoms with Crippen LogP contribution < -0.4 is 5.32 Å². The van der Waals surface area contributed by atoms with Crippen molar-refractivity contribution >= 4 is 28.3 Å². The number of imidazole rings is 1. The van der Waals surface area contributed by atoms with Gasteiger partial charge in [0.25, 0.3) is 0 Å². The van der Waals surface area contributed by atoms with Crippen LogP contribution in [0, 0.1) is 0 Å². The first-order valence-electron chi connectivity index (χ1n) is 10.4. The van der Waals surface area contributed by atoms with Gasteiger partial charge in [0, 0.05) is 12.8 Å². The van der Waals surface area contributed by atoms with Crippen LogP contribution in [0.15, 0.2) is 76.6 Å². The van der Waals surface area contributed by atoms with Crippen molar-refractivity contribution in [1.82, 2.24) is 25.4 Å². The van der Waals surface area contributed by atoms with Crippen LogP contribution >= 0.6 is 11.3 Å². The number of rotatable bonds is 8. The van der Waals surface area contributed by atoms with Gasteiger partial charge in [-0.3, -0.25) is 4.79 Å². The van der Waals surface area contributed by atoms with Gasteiger partial charge in [0.1, 0.15) is 5.82 Å². The summed E-state index contributed by atoms with van der Waals surface area (Å²) in [5, 5.41) is 9.09. The molecule has 3 aromatic heterocycles. The van der Waals surface area contributed by atoms with Gasteiger partial charge in [0.15, 0.2) is 0 Å². The number of hydrogen-bond donors (Lipinski definition) is 2. The number of carbonyl (C=O) groups excluding carboxylic acids is 1. The van der Waals surface area contributed by atoms with Crippen LogP contribution in [-0.4, -0.2) is 26.0 Å². The average molecular weight is 444 g/mol. The number of fused-ring (bicyclic) bond motifs is 1. The maximum absolute atomic E-state index is 12.8. The Hall–Kier alpha value is -3.78. The van der Waals surface area contributed by atoms with Crippen LogP contribution in [0.2, 0.25) is 0 Å². The van der Waals surface area contributed by atoms with Gasteiger partial charge in [-0.1, -0.05) is 53.7 Å². The summed E-state index contributed by atoms with van der Waals surface area (Å²) in [6.45, 7) is 0. The summed E-state index contributed by atoms with van der Waals surface area (Å²) in [6, 6.07) is 21.5. The van der Waals surface area contributed by atoms with Crippen molar-refractivity contribution in [2.45, 2.75) is 25.3 Å². The van der Waals surface area contributed by atoms with Gasteiger partial charge in [-0.2, -0.15) is 4.98 Å². The molecule has 8 heteroatoms. The lowest BCUT2D eigenvalue weighted by Crippen LogP contribution is -2.31. The Bertz CT molecular complexity index is 1280. The number of para-hydroxylation sites is 2. The van der Waals surface area contributed by atoms with E-state index in [1.165, 1.54) is 0 Å². The van der Waals surface area contributed by atoms with Gasteiger partial charge < -0.3 is 14.8 Å². The SMILES string of the molecule is O=C(CCc1nc(-c2cccs2)no1)N[C@@H](Cc1ccccc1)c1nc2ccccc2[nH]1. The minimum Gasteiger partial charge on any atom is -0.346 e. The summed E-state index contributed by atoms with van der Waals surface area (Å²) < 4.78 is 5.31. The summed E-state index contributed by atoms with van der Waals surface area (Å²) in [5.74, 6) is 1.65. The largest absolute Gasteiger partial charge is 0.346 e. The molecular formula is C24H21N5O2S. The van der Waals surface area contributed by atoms with E-state index in [1.54, 1.807) is 11.3 Å². The highest BCUT2D eigenvalue weighted by atomic mass is 32.1. The number of carbonyl (C=O) groups is 1. The fourth-order valence-corrected chi connectivity index (χ4v) is 4.20. The number of amides is 1. The van der Waals surface area contributed by atoms with E-state index in [1.807, 2.05) is 72.1 Å². The number of H-pyrrole nitrogens is 1. The summed E-state index contributed by atoms with van der Waals surface area (Å²) >= 11 is 1.55. The molecule has 0 spiro atoms. The third kappa shape index (κ3) is 4.60. The second-order valence-corrected chi connectivity index (χ2v) is 8.39. The van der Waals surface area contributed by atoms with Crippen LogP contribution in [0.4, 0.5) is 0 Å². The second kappa shape index (κ2) is 9.15. The van der Waals surface area contributed by atoms with Gasteiger partial charge in [-0.15, -0.1) is 11.3 Å². The zero-order valence-corrected chi connectivity index (χ0v) is 18.0. The molecule has 0 bridgehead atoms. The van der Waals surface area contributed by atoms with Crippen molar-refractivity contribution in [3.63, 3.8) is 0 Å². The molecule has 1 amide bonds. The first-order chi connectivity index (χ1) is 15.7. The van der Waals surface area contributed by atoms with Crippen LogP contribution in [0.5, 0.6) is 0 Å². The Kier molecular flexibility index (Phi) is 5.76. The summed E-state index contributed by atoms with van der Waals surface area (Å²) in [5.41, 5.74) is 2.94. The normalized spacial score (nSPS) is 12.1. The molecule has 0 aliphatic rings. The summed E-state index contributed by atoms with van der Waals surface area (Å²) in [7, 11) is 0. The van der Waals surface area contributed by atoms with Gasteiger partial charge in [0.2, 0.25) is 17.6 Å². The Morgan fingerprint density at radius 3 is 2.69 bits per heavy atom. The molecule has 5 rings (SSSR count). The molecule has 7 nitrogen and oxygen atoms in total. The van der Waals surface area contributed by atoms with E-state index < -0.39 is 0 Å². The predicted octanol–water partition coefficient (Wildman–Crippen LogP) is 4.71. The van der Waals surface area contributed by atoms with E-state index in [-0.39, 0.29) is 18.4 Å². The number of aromatic amines is 1. The lowest BCUT2D eigenvalue weighted by molar-refractivity contribution is -0.121. The third-order valence-corrected chi connectivity index (χ3v) is 6.00. The molecule has 2 aromatic carbocycles. The van der Waals surface area contributed by atoms with Crippen LogP contribution in [0.3, 0.4) is 0 Å². The predicted molar refractivity (Wildman–Crippen MR) is 123 cm³/mol. The van der Waals surface area contributed by atoms with E-state index in [4.69, 9.17) is 9.51 Å². The average Bonchev–Trinajstić information content (AvgIpc) is 3.58. The van der Waals surface area contributed by atoms with E-state index in [0.29, 0.717) is 24.6 Å². The minimum absolute atomic E-state index is 0.0951. The molecule has 32 heavy (non-hydrogen) atoms. The maximum Gasteiger partial charge on any atom is 0.227 e. The van der Waals surface area contributed by atoms with Crippen LogP contribution in [0.25, 0.3) is 21.7 Å². The van der Waals surface area contributed by atoms with Gasteiger partial charge in [-0.25, -0.2) is 4.98 Å². The van der Waals surface area contributed by atoms with Gasteiger partial charge in [0.05, 0.1) is 22.0 Å². The molecule has 2 N–H and O–H groups in total. The molecular weight excluding hydrogens is 422 g/mol. The number of nitrogens with zero attached hydrogens (tertiary/aromatic N) is 3. The van der Waals surface area contributed by atoms with Gasteiger partial charge in [-0.05, 0) is 35.6 Å². The second-order valence-electron chi connectivity index (χ2n) is 7.44. The highest BCUT2D eigenvalue weighted by molar-refractivity contribution is 7.13. The lowest BCUT2D eigenvalue weighted by Gasteiger charge is -2.17. The number of hydrogen-bond acceptors (Lipinski definition) is 6. The lowest BCUT2D eigenvalue weighted by atomic mass is 10.1. The summed E-state index contributed by atoms with van der Waals surface area (Å²) in [4.78, 5) is 26.2. The van der Waals surface area contributed by atoms with Crippen molar-refractivity contribution in [2.75, 3.05) is 0 Å². The molecule has 0 unspecified atom stereocenters. The van der Waals surface area contributed by atoms with Crippen molar-refractivity contribution in [1.29, 1.82) is 0 Å². The van der Waals surface area contributed by atoms with E-state index in [2.05, 4.69) is 20.4 Å². The molecule has 5 aromatic rings. The van der Waals surface area contributed by atoms with Crippen LogP contribution in [-0.2, 0) is 17.6 Å².